The van der Waals surface area contributed by atoms with Crippen LogP contribution in [-0.4, -0.2) is 28.6 Å². The Hall–Kier alpha value is -2.34. The van der Waals surface area contributed by atoms with Gasteiger partial charge in [-0.1, -0.05) is 24.3 Å². The highest BCUT2D eigenvalue weighted by Crippen LogP contribution is 2.36. The van der Waals surface area contributed by atoms with E-state index >= 15 is 0 Å². The van der Waals surface area contributed by atoms with Gasteiger partial charge in [0.15, 0.2) is 0 Å². The second kappa shape index (κ2) is 7.97. The first-order chi connectivity index (χ1) is 11.7. The maximum absolute atomic E-state index is 12.2. The fraction of sp³-hybridized carbons (Fsp3) is 0.278. The van der Waals surface area contributed by atoms with E-state index in [9.17, 15) is 9.59 Å². The van der Waals surface area contributed by atoms with Crippen molar-refractivity contribution in [3.63, 3.8) is 0 Å². The molecule has 0 saturated heterocycles. The standard InChI is InChI=1S/C18H19N3O2S/c22-17(21-12-13-4-3-8-19-11-13)7-9-20-18(23)16-10-14-5-1-2-6-15(14)24-16/h1-6,8,11,16H,7,9-10,12H2,(H,20,23)(H,21,22). The molecule has 2 amide bonds. The monoisotopic (exact) mass is 341 g/mol. The smallest absolute Gasteiger partial charge is 0.233 e. The summed E-state index contributed by atoms with van der Waals surface area (Å²) in [4.78, 5) is 29.2. The Balaban J connectivity index is 1.36. The molecule has 2 aromatic rings. The predicted octanol–water partition coefficient (Wildman–Crippen LogP) is 1.92. The van der Waals surface area contributed by atoms with Gasteiger partial charge >= 0.3 is 0 Å². The van der Waals surface area contributed by atoms with Crippen molar-refractivity contribution < 1.29 is 9.59 Å². The van der Waals surface area contributed by atoms with Crippen molar-refractivity contribution in [2.24, 2.45) is 0 Å². The number of amides is 2. The molecule has 1 atom stereocenters. The van der Waals surface area contributed by atoms with E-state index in [1.54, 1.807) is 24.2 Å². The molecule has 1 aromatic carbocycles. The topological polar surface area (TPSA) is 71.1 Å². The molecule has 0 spiro atoms. The molecule has 0 radical (unpaired) electrons. The lowest BCUT2D eigenvalue weighted by atomic mass is 10.1. The van der Waals surface area contributed by atoms with Crippen LogP contribution in [0.5, 0.6) is 0 Å². The van der Waals surface area contributed by atoms with E-state index in [2.05, 4.69) is 21.7 Å². The molecule has 124 valence electrons. The predicted molar refractivity (Wildman–Crippen MR) is 93.5 cm³/mol. The summed E-state index contributed by atoms with van der Waals surface area (Å²) in [6.45, 7) is 0.805. The number of fused-ring (bicyclic) bond motifs is 1. The molecule has 3 rings (SSSR count). The van der Waals surface area contributed by atoms with Crippen LogP contribution >= 0.6 is 11.8 Å². The maximum atomic E-state index is 12.2. The van der Waals surface area contributed by atoms with Gasteiger partial charge in [-0.2, -0.15) is 0 Å². The number of hydrogen-bond acceptors (Lipinski definition) is 4. The van der Waals surface area contributed by atoms with Gasteiger partial charge < -0.3 is 10.6 Å². The normalized spacial score (nSPS) is 15.6. The maximum Gasteiger partial charge on any atom is 0.233 e. The van der Waals surface area contributed by atoms with Crippen molar-refractivity contribution in [2.45, 2.75) is 29.5 Å². The molecular formula is C18H19N3O2S. The third kappa shape index (κ3) is 4.35. The molecule has 24 heavy (non-hydrogen) atoms. The van der Waals surface area contributed by atoms with Crippen LogP contribution in [-0.2, 0) is 22.6 Å². The first kappa shape index (κ1) is 16.5. The number of nitrogens with zero attached hydrogens (tertiary/aromatic N) is 1. The van der Waals surface area contributed by atoms with Crippen molar-refractivity contribution in [3.05, 3.63) is 59.9 Å². The Morgan fingerprint density at radius 2 is 2.04 bits per heavy atom. The SMILES string of the molecule is O=C(CCNC(=O)C1Cc2ccccc2S1)NCc1cccnc1. The van der Waals surface area contributed by atoms with Gasteiger partial charge in [-0.15, -0.1) is 11.8 Å². The van der Waals surface area contributed by atoms with E-state index in [1.165, 1.54) is 10.5 Å². The van der Waals surface area contributed by atoms with Crippen LogP contribution < -0.4 is 10.6 Å². The average molecular weight is 341 g/mol. The molecular weight excluding hydrogens is 322 g/mol. The number of rotatable bonds is 6. The summed E-state index contributed by atoms with van der Waals surface area (Å²) in [6.07, 6.45) is 4.44. The Bertz CT molecular complexity index is 696. The molecule has 6 heteroatoms. The van der Waals surface area contributed by atoms with Crippen molar-refractivity contribution in [3.8, 4) is 0 Å². The lowest BCUT2D eigenvalue weighted by Crippen LogP contribution is -2.35. The molecule has 0 saturated carbocycles. The first-order valence-corrected chi connectivity index (χ1v) is 8.78. The van der Waals surface area contributed by atoms with Crippen LogP contribution in [0.3, 0.4) is 0 Å². The highest BCUT2D eigenvalue weighted by Gasteiger charge is 2.27. The van der Waals surface area contributed by atoms with Crippen molar-refractivity contribution in [1.29, 1.82) is 0 Å². The number of thioether (sulfide) groups is 1. The molecule has 1 unspecified atom stereocenters. The Morgan fingerprint density at radius 3 is 2.83 bits per heavy atom. The Morgan fingerprint density at radius 1 is 1.17 bits per heavy atom. The van der Waals surface area contributed by atoms with Gasteiger partial charge in [-0.3, -0.25) is 14.6 Å². The van der Waals surface area contributed by atoms with Crippen LogP contribution in [0.2, 0.25) is 0 Å². The summed E-state index contributed by atoms with van der Waals surface area (Å²) >= 11 is 1.59. The van der Waals surface area contributed by atoms with E-state index in [0.717, 1.165) is 12.0 Å². The third-order valence-electron chi connectivity index (χ3n) is 3.80. The molecule has 0 aliphatic carbocycles. The Kier molecular flexibility index (Phi) is 5.48. The van der Waals surface area contributed by atoms with Crippen LogP contribution in [0, 0.1) is 0 Å². The fourth-order valence-corrected chi connectivity index (χ4v) is 3.75. The summed E-state index contributed by atoms with van der Waals surface area (Å²) < 4.78 is 0. The third-order valence-corrected chi connectivity index (χ3v) is 5.12. The highest BCUT2D eigenvalue weighted by atomic mass is 32.2. The zero-order valence-electron chi connectivity index (χ0n) is 13.2. The number of aromatic nitrogens is 1. The van der Waals surface area contributed by atoms with Crippen LogP contribution in [0.1, 0.15) is 17.5 Å². The number of nitrogens with one attached hydrogen (secondary N) is 2. The van der Waals surface area contributed by atoms with E-state index < -0.39 is 0 Å². The van der Waals surface area contributed by atoms with E-state index in [1.807, 2.05) is 30.3 Å². The van der Waals surface area contributed by atoms with Gasteiger partial charge in [-0.25, -0.2) is 0 Å². The molecule has 2 heterocycles. The molecule has 0 fully saturated rings. The second-order valence-corrected chi connectivity index (χ2v) is 6.84. The summed E-state index contributed by atoms with van der Waals surface area (Å²) in [6, 6.07) is 11.8. The number of carbonyl (C=O) groups is 2. The van der Waals surface area contributed by atoms with Crippen LogP contribution in [0.25, 0.3) is 0 Å². The van der Waals surface area contributed by atoms with Crippen molar-refractivity contribution in [2.75, 3.05) is 6.54 Å². The number of hydrogen-bond donors (Lipinski definition) is 2. The zero-order chi connectivity index (χ0) is 16.8. The quantitative estimate of drug-likeness (QED) is 0.842. The number of benzene rings is 1. The molecule has 2 N–H and O–H groups in total. The molecule has 5 nitrogen and oxygen atoms in total. The summed E-state index contributed by atoms with van der Waals surface area (Å²) in [5.41, 5.74) is 2.17. The fourth-order valence-electron chi connectivity index (χ4n) is 2.53. The molecule has 0 bridgehead atoms. The van der Waals surface area contributed by atoms with Gasteiger partial charge in [0.25, 0.3) is 0 Å². The largest absolute Gasteiger partial charge is 0.355 e. The lowest BCUT2D eigenvalue weighted by molar-refractivity contribution is -0.122. The van der Waals surface area contributed by atoms with Gasteiger partial charge in [0.05, 0.1) is 5.25 Å². The van der Waals surface area contributed by atoms with Gasteiger partial charge in [0, 0.05) is 36.8 Å². The van der Waals surface area contributed by atoms with Crippen LogP contribution in [0.4, 0.5) is 0 Å². The first-order valence-electron chi connectivity index (χ1n) is 7.90. The van der Waals surface area contributed by atoms with Crippen LogP contribution in [0.15, 0.2) is 53.7 Å². The van der Waals surface area contributed by atoms with Gasteiger partial charge in [0.1, 0.15) is 0 Å². The molecule has 1 aliphatic rings. The minimum Gasteiger partial charge on any atom is -0.355 e. The van der Waals surface area contributed by atoms with Crippen molar-refractivity contribution >= 4 is 23.6 Å². The molecule has 1 aromatic heterocycles. The van der Waals surface area contributed by atoms with Gasteiger partial charge in [0.2, 0.25) is 11.8 Å². The zero-order valence-corrected chi connectivity index (χ0v) is 14.0. The number of pyridine rings is 1. The lowest BCUT2D eigenvalue weighted by Gasteiger charge is -2.10. The van der Waals surface area contributed by atoms with Crippen molar-refractivity contribution in [1.82, 2.24) is 15.6 Å². The van der Waals surface area contributed by atoms with Gasteiger partial charge in [-0.05, 0) is 29.7 Å². The van der Waals surface area contributed by atoms with E-state index in [4.69, 9.17) is 0 Å². The Labute approximate surface area is 145 Å². The van der Waals surface area contributed by atoms with E-state index in [0.29, 0.717) is 13.1 Å². The summed E-state index contributed by atoms with van der Waals surface area (Å²) in [7, 11) is 0. The average Bonchev–Trinajstić information content (AvgIpc) is 3.05. The highest BCUT2D eigenvalue weighted by molar-refractivity contribution is 8.01. The minimum absolute atomic E-state index is 0.00346. The van der Waals surface area contributed by atoms with E-state index in [-0.39, 0.29) is 23.5 Å². The molecule has 1 aliphatic heterocycles. The summed E-state index contributed by atoms with van der Waals surface area (Å²) in [5, 5.41) is 5.58. The minimum atomic E-state index is -0.0964. The summed E-state index contributed by atoms with van der Waals surface area (Å²) in [5.74, 6) is -0.0854. The second-order valence-electron chi connectivity index (χ2n) is 5.60. The number of carbonyl (C=O) groups excluding carboxylic acids is 2.